The molecule has 0 spiro atoms. The summed E-state index contributed by atoms with van der Waals surface area (Å²) in [5.41, 5.74) is 0. The van der Waals surface area contributed by atoms with Crippen LogP contribution in [0.4, 0.5) is 0 Å². The molecule has 0 fully saturated rings. The van der Waals surface area contributed by atoms with E-state index in [0.717, 1.165) is 0 Å². The van der Waals surface area contributed by atoms with E-state index in [1.807, 2.05) is 0 Å². The van der Waals surface area contributed by atoms with E-state index < -0.39 is 0 Å². The standard InChI is InChI=1S/C38H80N.6CN.BrH.Fe.3K/c1-5-7-9-11-13-15-17-19-21-23-25-27-29-31-33-35-37-39(3,4)38-36-34-32-30-28-26-24-22-20-18-16-14-12-10-8-6-2;6*1-2;;;;;/h5-38H2,1-4H3;;;;;;;1H;;;;/q+1;6*-1;;+3;3*+1/p-1. The average molecular weight is 960 g/mol. The van der Waals surface area contributed by atoms with Gasteiger partial charge in [0, 0.05) is 0 Å². The maximum Gasteiger partial charge on any atom is 3.00 e. The third kappa shape index (κ3) is 106. The van der Waals surface area contributed by atoms with E-state index >= 15 is 0 Å². The second-order valence-electron chi connectivity index (χ2n) is 14.0. The van der Waals surface area contributed by atoms with E-state index in [-0.39, 0.29) is 188 Å². The van der Waals surface area contributed by atoms with E-state index in [9.17, 15) is 0 Å². The number of unbranched alkanes of at least 4 members (excludes halogenated alkanes) is 30. The Balaban J connectivity index is -0.000000103. The molecule has 1 radical (unpaired) electrons. The normalized spacial score (nSPS) is 8.57. The number of nitrogens with zero attached hydrogens (tertiary/aromatic N) is 7. The van der Waals surface area contributed by atoms with Crippen LogP contribution in [0.1, 0.15) is 219 Å². The van der Waals surface area contributed by atoms with Gasteiger partial charge in [-0.25, -0.2) is 0 Å². The van der Waals surface area contributed by atoms with Gasteiger partial charge in [0.1, 0.15) is 0 Å². The van der Waals surface area contributed by atoms with Crippen molar-refractivity contribution in [2.75, 3.05) is 27.2 Å². The predicted molar refractivity (Wildman–Crippen MR) is 211 cm³/mol. The van der Waals surface area contributed by atoms with Crippen molar-refractivity contribution in [1.82, 2.24) is 0 Å². The minimum atomic E-state index is 0. The van der Waals surface area contributed by atoms with Gasteiger partial charge in [0.25, 0.3) is 0 Å². The molecule has 0 saturated carbocycles. The smallest absolute Gasteiger partial charge is 1.00 e. The molecule has 0 bridgehead atoms. The molecule has 0 rings (SSSR count). The van der Waals surface area contributed by atoms with Crippen molar-refractivity contribution in [2.45, 2.75) is 219 Å². The quantitative estimate of drug-likeness (QED) is 0.0420. The second kappa shape index (κ2) is 102. The Hall–Kier alpha value is 2.81. The first-order chi connectivity index (χ1) is 25.1. The van der Waals surface area contributed by atoms with Gasteiger partial charge in [-0.2, -0.15) is 0 Å². The van der Waals surface area contributed by atoms with Crippen LogP contribution in [0.15, 0.2) is 0 Å². The number of hydrogen-bond acceptors (Lipinski definition) is 6. The Morgan fingerprint density at radius 2 is 0.375 bits per heavy atom. The summed E-state index contributed by atoms with van der Waals surface area (Å²) in [5, 5.41) is 37.5. The van der Waals surface area contributed by atoms with Crippen molar-refractivity contribution in [1.29, 1.82) is 31.6 Å². The van der Waals surface area contributed by atoms with Gasteiger partial charge in [-0.3, -0.25) is 0 Å². The Kier molecular flexibility index (Phi) is 163. The molecule has 0 aromatic rings. The summed E-state index contributed by atoms with van der Waals surface area (Å²) in [5.74, 6) is 0. The molecule has 0 heterocycles. The molecule has 0 N–H and O–H groups in total. The molecule has 0 atom stereocenters. The first-order valence-electron chi connectivity index (χ1n) is 20.3. The van der Waals surface area contributed by atoms with Crippen molar-refractivity contribution >= 4 is 0 Å². The first-order valence-corrected chi connectivity index (χ1v) is 20.3. The van der Waals surface area contributed by atoms with E-state index in [1.165, 1.54) is 223 Å². The molecule has 12 heteroatoms. The summed E-state index contributed by atoms with van der Waals surface area (Å²) in [7, 11) is 4.94. The Bertz CT molecular complexity index is 623. The number of rotatable bonds is 34. The van der Waals surface area contributed by atoms with Crippen LogP contribution < -0.4 is 171 Å². The molecule has 0 aliphatic rings. The number of halogens is 1. The van der Waals surface area contributed by atoms with Crippen molar-refractivity contribution in [3.63, 3.8) is 0 Å². The molecule has 0 aliphatic carbocycles. The van der Waals surface area contributed by atoms with Gasteiger partial charge in [-0.15, -0.1) is 0 Å². The van der Waals surface area contributed by atoms with Crippen LogP contribution in [0, 0.1) is 71.0 Å². The molecule has 0 aliphatic heterocycles. The van der Waals surface area contributed by atoms with Crippen LogP contribution in [0.2, 0.25) is 0 Å². The summed E-state index contributed by atoms with van der Waals surface area (Å²) in [6.45, 7) is 35.9. The fraction of sp³-hybridized carbons (Fsp3) is 0.864. The first kappa shape index (κ1) is 89.7. The van der Waals surface area contributed by atoms with Crippen molar-refractivity contribution < 1.29 is 193 Å². The third-order valence-corrected chi connectivity index (χ3v) is 9.23. The van der Waals surface area contributed by atoms with Crippen molar-refractivity contribution in [3.05, 3.63) is 39.4 Å². The van der Waals surface area contributed by atoms with Gasteiger partial charge in [0.15, 0.2) is 0 Å². The fourth-order valence-corrected chi connectivity index (χ4v) is 6.29. The third-order valence-electron chi connectivity index (χ3n) is 9.23. The topological polar surface area (TPSA) is 143 Å². The van der Waals surface area contributed by atoms with Crippen molar-refractivity contribution in [2.24, 2.45) is 0 Å². The van der Waals surface area contributed by atoms with Gasteiger partial charge in [0.2, 0.25) is 0 Å². The van der Waals surface area contributed by atoms with Crippen LogP contribution in [0.3, 0.4) is 0 Å². The van der Waals surface area contributed by atoms with Crippen LogP contribution >= 0.6 is 0 Å². The number of hydrogen-bond donors (Lipinski definition) is 0. The zero-order chi connectivity index (χ0) is 40.5. The molecule has 0 aromatic carbocycles. The summed E-state index contributed by atoms with van der Waals surface area (Å²) in [6.07, 6.45) is 46.9. The van der Waals surface area contributed by atoms with Gasteiger partial charge in [0.05, 0.1) is 27.2 Å². The van der Waals surface area contributed by atoms with Crippen LogP contribution in [0.25, 0.3) is 0 Å². The Morgan fingerprint density at radius 1 is 0.268 bits per heavy atom. The van der Waals surface area contributed by atoms with E-state index in [1.54, 1.807) is 0 Å². The minimum Gasteiger partial charge on any atom is -1.00 e. The molecule has 309 valence electrons. The predicted octanol–water partition coefficient (Wildman–Crippen LogP) is 2.18. The van der Waals surface area contributed by atoms with E-state index in [2.05, 4.69) is 27.9 Å². The van der Waals surface area contributed by atoms with E-state index in [0.29, 0.717) is 0 Å². The maximum atomic E-state index is 6.25. The summed E-state index contributed by atoms with van der Waals surface area (Å²) in [6, 6.07) is 0. The Morgan fingerprint density at radius 3 is 0.500 bits per heavy atom. The second-order valence-corrected chi connectivity index (χ2v) is 14.0. The maximum absolute atomic E-state index is 6.25. The SMILES string of the molecule is CCCCCCCCCCCCCCCCCC[N+](C)(C)CCCCCCCCCCCCCCCCCC.[Br-].[C-]#N.[C-]#N.[C-]#N.[C-]#N.[C-]#N.[C-]#N.[Fe+3].[K+].[K+].[K+]. The Labute approximate surface area is 501 Å². The molecule has 0 unspecified atom stereocenters. The molecule has 0 aromatic heterocycles. The zero-order valence-corrected chi connectivity index (χ0v) is 50.0. The average Bonchev–Trinajstić information content (AvgIpc) is 3.19. The molecule has 0 saturated heterocycles. The summed E-state index contributed by atoms with van der Waals surface area (Å²) < 4.78 is 1.25. The molecular formula is C44H80BrFeK3N7. The van der Waals surface area contributed by atoms with Gasteiger partial charge < -0.3 is 92.5 Å². The van der Waals surface area contributed by atoms with Crippen LogP contribution in [-0.2, 0) is 17.1 Å². The van der Waals surface area contributed by atoms with E-state index in [4.69, 9.17) is 71.0 Å². The summed E-state index contributed by atoms with van der Waals surface area (Å²) >= 11 is 0. The molecular weight excluding hydrogens is 880 g/mol. The minimum absolute atomic E-state index is 0. The van der Waals surface area contributed by atoms with Crippen LogP contribution in [0.5, 0.6) is 0 Å². The zero-order valence-electron chi connectivity index (χ0n) is 37.9. The number of quaternary nitrogens is 1. The summed E-state index contributed by atoms with van der Waals surface area (Å²) in [4.78, 5) is 0. The van der Waals surface area contributed by atoms with Gasteiger partial charge >= 0.3 is 171 Å². The molecule has 0 amide bonds. The molecule has 56 heavy (non-hydrogen) atoms. The monoisotopic (exact) mass is 958 g/mol. The van der Waals surface area contributed by atoms with Gasteiger partial charge in [-0.05, 0) is 25.7 Å². The largest absolute Gasteiger partial charge is 3.00 e. The van der Waals surface area contributed by atoms with Crippen molar-refractivity contribution in [3.8, 4) is 0 Å². The van der Waals surface area contributed by atoms with Crippen LogP contribution in [-0.4, -0.2) is 31.7 Å². The van der Waals surface area contributed by atoms with Gasteiger partial charge in [-0.1, -0.05) is 194 Å². The fourth-order valence-electron chi connectivity index (χ4n) is 6.29. The molecule has 7 nitrogen and oxygen atoms in total.